The summed E-state index contributed by atoms with van der Waals surface area (Å²) in [4.78, 5) is 6.95. The first kappa shape index (κ1) is 22.6. The first-order valence-corrected chi connectivity index (χ1v) is 11.7. The second-order valence-electron chi connectivity index (χ2n) is 8.61. The van der Waals surface area contributed by atoms with Crippen molar-refractivity contribution < 1.29 is 18.9 Å². The van der Waals surface area contributed by atoms with Crippen molar-refractivity contribution in [3.8, 4) is 17.6 Å². The SMILES string of the molecule is COc1cc2nccc(N3CCC(C(C)C#N)CC3)c2cc1OCCO[C@H]1CCCCO1. The van der Waals surface area contributed by atoms with Crippen LogP contribution in [0.5, 0.6) is 11.5 Å². The highest BCUT2D eigenvalue weighted by Gasteiger charge is 2.25. The Balaban J connectivity index is 1.46. The average Bonchev–Trinajstić information content (AvgIpc) is 2.86. The molecule has 2 atom stereocenters. The number of pyridine rings is 1. The lowest BCUT2D eigenvalue weighted by atomic mass is 9.86. The van der Waals surface area contributed by atoms with Gasteiger partial charge in [0.05, 0.1) is 25.3 Å². The van der Waals surface area contributed by atoms with Gasteiger partial charge in [-0.1, -0.05) is 0 Å². The van der Waals surface area contributed by atoms with Crippen molar-refractivity contribution in [1.82, 2.24) is 4.98 Å². The molecule has 1 aromatic heterocycles. The third-order valence-corrected chi connectivity index (χ3v) is 6.58. The monoisotopic (exact) mass is 439 g/mol. The van der Waals surface area contributed by atoms with Crippen LogP contribution in [0.2, 0.25) is 0 Å². The van der Waals surface area contributed by atoms with Crippen molar-refractivity contribution >= 4 is 16.6 Å². The number of hydrogen-bond donors (Lipinski definition) is 0. The summed E-state index contributed by atoms with van der Waals surface area (Å²) in [5.74, 6) is 1.93. The molecule has 32 heavy (non-hydrogen) atoms. The van der Waals surface area contributed by atoms with Gasteiger partial charge in [0, 0.05) is 49.0 Å². The second kappa shape index (κ2) is 10.8. The summed E-state index contributed by atoms with van der Waals surface area (Å²) in [6.45, 7) is 5.57. The summed E-state index contributed by atoms with van der Waals surface area (Å²) in [7, 11) is 1.64. The highest BCUT2D eigenvalue weighted by atomic mass is 16.7. The fourth-order valence-electron chi connectivity index (χ4n) is 4.61. The molecule has 172 valence electrons. The maximum Gasteiger partial charge on any atom is 0.162 e. The molecule has 0 saturated carbocycles. The van der Waals surface area contributed by atoms with Gasteiger partial charge in [-0.2, -0.15) is 5.26 Å². The second-order valence-corrected chi connectivity index (χ2v) is 8.61. The molecule has 2 aliphatic heterocycles. The van der Waals surface area contributed by atoms with E-state index in [-0.39, 0.29) is 12.2 Å². The molecular formula is C25H33N3O4. The Morgan fingerprint density at radius 3 is 2.75 bits per heavy atom. The molecule has 7 nitrogen and oxygen atoms in total. The first-order chi connectivity index (χ1) is 15.7. The lowest BCUT2D eigenvalue weighted by Gasteiger charge is -2.35. The van der Waals surface area contributed by atoms with Crippen molar-refractivity contribution in [3.63, 3.8) is 0 Å². The molecule has 0 amide bonds. The van der Waals surface area contributed by atoms with Gasteiger partial charge >= 0.3 is 0 Å². The van der Waals surface area contributed by atoms with E-state index >= 15 is 0 Å². The quantitative estimate of drug-likeness (QED) is 0.559. The van der Waals surface area contributed by atoms with Crippen LogP contribution in [0.25, 0.3) is 10.9 Å². The number of aromatic nitrogens is 1. The van der Waals surface area contributed by atoms with Gasteiger partial charge in [0.25, 0.3) is 0 Å². The maximum atomic E-state index is 9.24. The van der Waals surface area contributed by atoms with E-state index in [4.69, 9.17) is 18.9 Å². The van der Waals surface area contributed by atoms with Gasteiger partial charge in [0.2, 0.25) is 0 Å². The van der Waals surface area contributed by atoms with E-state index in [0.29, 0.717) is 30.6 Å². The zero-order chi connectivity index (χ0) is 22.3. The number of hydrogen-bond acceptors (Lipinski definition) is 7. The van der Waals surface area contributed by atoms with E-state index in [9.17, 15) is 5.26 Å². The van der Waals surface area contributed by atoms with Crippen LogP contribution in [0.4, 0.5) is 5.69 Å². The molecule has 4 rings (SSSR count). The van der Waals surface area contributed by atoms with Crippen molar-refractivity contribution in [1.29, 1.82) is 5.26 Å². The molecule has 2 aromatic rings. The molecule has 0 bridgehead atoms. The lowest BCUT2D eigenvalue weighted by molar-refractivity contribution is -0.165. The van der Waals surface area contributed by atoms with Crippen LogP contribution in [-0.4, -0.2) is 51.3 Å². The Labute approximate surface area is 190 Å². The van der Waals surface area contributed by atoms with Gasteiger partial charge in [-0.3, -0.25) is 4.98 Å². The zero-order valence-electron chi connectivity index (χ0n) is 19.1. The standard InChI is InChI=1S/C25H33N3O4/c1-18(17-26)19-7-10-28(11-8-19)22-6-9-27-21-16-23(29-2)24(15-20(21)22)30-13-14-32-25-5-3-4-12-31-25/h6,9,15-16,18-19,25H,3-5,7-8,10-14H2,1-2H3/t18?,25-/m0/s1. The van der Waals surface area contributed by atoms with E-state index in [1.807, 2.05) is 25.3 Å². The molecular weight excluding hydrogens is 406 g/mol. The molecule has 0 aliphatic carbocycles. The number of nitriles is 1. The van der Waals surface area contributed by atoms with Gasteiger partial charge < -0.3 is 23.8 Å². The average molecular weight is 440 g/mol. The smallest absolute Gasteiger partial charge is 0.162 e. The molecule has 1 aromatic carbocycles. The topological polar surface area (TPSA) is 76.8 Å². The zero-order valence-corrected chi connectivity index (χ0v) is 19.1. The Morgan fingerprint density at radius 2 is 2.03 bits per heavy atom. The molecule has 2 saturated heterocycles. The number of rotatable bonds is 8. The van der Waals surface area contributed by atoms with Crippen LogP contribution >= 0.6 is 0 Å². The summed E-state index contributed by atoms with van der Waals surface area (Å²) in [6, 6.07) is 8.43. The van der Waals surface area contributed by atoms with Gasteiger partial charge in [-0.25, -0.2) is 0 Å². The predicted molar refractivity (Wildman–Crippen MR) is 123 cm³/mol. The number of piperidine rings is 1. The van der Waals surface area contributed by atoms with Crippen LogP contribution in [-0.2, 0) is 9.47 Å². The number of fused-ring (bicyclic) bond motifs is 1. The summed E-state index contributed by atoms with van der Waals surface area (Å²) in [5, 5.41) is 10.3. The molecule has 2 fully saturated rings. The van der Waals surface area contributed by atoms with Crippen molar-refractivity contribution in [2.75, 3.05) is 44.9 Å². The number of nitrogens with zero attached hydrogens (tertiary/aromatic N) is 3. The van der Waals surface area contributed by atoms with E-state index < -0.39 is 0 Å². The summed E-state index contributed by atoms with van der Waals surface area (Å²) in [5.41, 5.74) is 2.03. The molecule has 0 spiro atoms. The summed E-state index contributed by atoms with van der Waals surface area (Å²) >= 11 is 0. The first-order valence-electron chi connectivity index (χ1n) is 11.7. The molecule has 7 heteroatoms. The van der Waals surface area contributed by atoms with Gasteiger partial charge in [-0.15, -0.1) is 0 Å². The third kappa shape index (κ3) is 5.25. The highest BCUT2D eigenvalue weighted by molar-refractivity contribution is 5.94. The van der Waals surface area contributed by atoms with E-state index in [1.54, 1.807) is 7.11 Å². The van der Waals surface area contributed by atoms with Crippen LogP contribution in [0, 0.1) is 23.2 Å². The van der Waals surface area contributed by atoms with E-state index in [1.165, 1.54) is 0 Å². The molecule has 1 unspecified atom stereocenters. The third-order valence-electron chi connectivity index (χ3n) is 6.58. The lowest BCUT2D eigenvalue weighted by Crippen LogP contribution is -2.35. The Bertz CT molecular complexity index is 931. The Morgan fingerprint density at radius 1 is 1.19 bits per heavy atom. The summed E-state index contributed by atoms with van der Waals surface area (Å²) in [6.07, 6.45) is 6.98. The molecule has 3 heterocycles. The number of benzene rings is 1. The van der Waals surface area contributed by atoms with E-state index in [2.05, 4.69) is 22.0 Å². The number of methoxy groups -OCH3 is 1. The number of anilines is 1. The van der Waals surface area contributed by atoms with Crippen LogP contribution < -0.4 is 14.4 Å². The highest BCUT2D eigenvalue weighted by Crippen LogP contribution is 2.37. The minimum atomic E-state index is -0.117. The molecule has 2 aliphatic rings. The largest absolute Gasteiger partial charge is 0.493 e. The summed E-state index contributed by atoms with van der Waals surface area (Å²) < 4.78 is 23.0. The van der Waals surface area contributed by atoms with Crippen LogP contribution in [0.3, 0.4) is 0 Å². The van der Waals surface area contributed by atoms with Gasteiger partial charge in [-0.05, 0) is 57.1 Å². The number of ether oxygens (including phenoxy) is 4. The Hall–Kier alpha value is -2.56. The van der Waals surface area contributed by atoms with Crippen molar-refractivity contribution in [3.05, 3.63) is 24.4 Å². The van der Waals surface area contributed by atoms with Gasteiger partial charge in [0.15, 0.2) is 17.8 Å². The van der Waals surface area contributed by atoms with Crippen molar-refractivity contribution in [2.24, 2.45) is 11.8 Å². The van der Waals surface area contributed by atoms with E-state index in [0.717, 1.165) is 68.4 Å². The minimum Gasteiger partial charge on any atom is -0.493 e. The molecule has 0 radical (unpaired) electrons. The predicted octanol–water partition coefficient (Wildman–Crippen LogP) is 4.54. The molecule has 0 N–H and O–H groups in total. The van der Waals surface area contributed by atoms with Crippen LogP contribution in [0.15, 0.2) is 24.4 Å². The van der Waals surface area contributed by atoms with Crippen LogP contribution in [0.1, 0.15) is 39.0 Å². The minimum absolute atomic E-state index is 0.108. The Kier molecular flexibility index (Phi) is 7.67. The fourth-order valence-corrected chi connectivity index (χ4v) is 4.61. The van der Waals surface area contributed by atoms with Crippen molar-refractivity contribution in [2.45, 2.75) is 45.3 Å². The maximum absolute atomic E-state index is 9.24. The van der Waals surface area contributed by atoms with Gasteiger partial charge in [0.1, 0.15) is 6.61 Å². The fraction of sp³-hybridized carbons (Fsp3) is 0.600. The normalized spacial score (nSPS) is 20.7.